The molecule has 0 rings (SSSR count). The molecule has 0 aliphatic carbocycles. The molecule has 0 N–H and O–H groups in total. The van der Waals surface area contributed by atoms with Crippen molar-refractivity contribution in [1.29, 1.82) is 0 Å². The maximum Gasteiger partial charge on any atom is 0.0351 e. The van der Waals surface area contributed by atoms with Crippen molar-refractivity contribution in [2.24, 2.45) is 0 Å². The molecule has 2 heteroatoms. The predicted octanol–water partition coefficient (Wildman–Crippen LogP) is 1.57. The highest BCUT2D eigenvalue weighted by Gasteiger charge is 2.19. The average molecular weight is 151 g/mol. The molecule has 0 aliphatic heterocycles. The van der Waals surface area contributed by atoms with Crippen molar-refractivity contribution in [1.82, 2.24) is 0 Å². The van der Waals surface area contributed by atoms with Crippen LogP contribution in [0.3, 0.4) is 0 Å². The van der Waals surface area contributed by atoms with Crippen LogP contribution in [-0.2, 0) is 0 Å². The maximum atomic E-state index is 5.98. The lowest BCUT2D eigenvalue weighted by Crippen LogP contribution is -2.16. The molecule has 0 nitrogen and oxygen atoms in total. The van der Waals surface area contributed by atoms with Gasteiger partial charge < -0.3 is 0 Å². The summed E-state index contributed by atoms with van der Waals surface area (Å²) >= 11 is 5.98. The Labute approximate surface area is 60.0 Å². The van der Waals surface area contributed by atoms with E-state index in [2.05, 4.69) is 20.8 Å². The topological polar surface area (TPSA) is 0 Å². The molecule has 0 aliphatic rings. The van der Waals surface area contributed by atoms with Gasteiger partial charge in [0.1, 0.15) is 0 Å². The van der Waals surface area contributed by atoms with Crippen LogP contribution in [0.4, 0.5) is 0 Å². The Balaban J connectivity index is 3.62. The van der Waals surface area contributed by atoms with Gasteiger partial charge in [-0.1, -0.05) is 20.8 Å². The Morgan fingerprint density at radius 2 is 2.00 bits per heavy atom. The summed E-state index contributed by atoms with van der Waals surface area (Å²) in [4.78, 5) is 0. The summed E-state index contributed by atoms with van der Waals surface area (Å²) in [6.45, 7) is 6.58. The zero-order valence-corrected chi connectivity index (χ0v) is 8.92. The number of hydrogen-bond donors (Lipinski definition) is 0. The van der Waals surface area contributed by atoms with E-state index in [1.807, 2.05) is 0 Å². The second kappa shape index (κ2) is 2.88. The van der Waals surface area contributed by atoms with Crippen LogP contribution in [0.1, 0.15) is 27.2 Å². The summed E-state index contributed by atoms with van der Waals surface area (Å²) in [5.74, 6) is 0. The summed E-state index contributed by atoms with van der Waals surface area (Å²) in [6.07, 6.45) is 1.10. The third kappa shape index (κ3) is 2.73. The summed E-state index contributed by atoms with van der Waals surface area (Å²) in [5, 5.41) is 0.796. The minimum Gasteiger partial charge on any atom is -0.123 e. The van der Waals surface area contributed by atoms with Gasteiger partial charge in [-0.05, 0) is 11.5 Å². The molecular formula is C6H15ClSi. The summed E-state index contributed by atoms with van der Waals surface area (Å²) < 4.78 is 0. The highest BCUT2D eigenvalue weighted by Crippen LogP contribution is 2.30. The van der Waals surface area contributed by atoms with Crippen LogP contribution in [0.2, 0.25) is 5.04 Å². The molecule has 1 unspecified atom stereocenters. The first-order valence-corrected chi connectivity index (χ1v) is 4.56. The number of rotatable bonds is 2. The molecule has 0 saturated heterocycles. The van der Waals surface area contributed by atoms with Crippen LogP contribution >= 0.6 is 11.6 Å². The number of halogens is 1. The molecule has 0 aromatic rings. The van der Waals surface area contributed by atoms with Gasteiger partial charge in [0.15, 0.2) is 0 Å². The third-order valence-corrected chi connectivity index (χ3v) is 3.32. The van der Waals surface area contributed by atoms with E-state index in [0.717, 1.165) is 6.42 Å². The highest BCUT2D eigenvalue weighted by molar-refractivity contribution is 6.28. The van der Waals surface area contributed by atoms with Gasteiger partial charge in [0.25, 0.3) is 0 Å². The molecule has 0 fully saturated rings. The number of hydrogen-bond acceptors (Lipinski definition) is 0. The monoisotopic (exact) mass is 150 g/mol. The Morgan fingerprint density at radius 1 is 1.62 bits per heavy atom. The SMILES string of the molecule is CCC(Cl)C(C)(C)[SiH3]. The van der Waals surface area contributed by atoms with Gasteiger partial charge >= 0.3 is 0 Å². The molecule has 50 valence electrons. The largest absolute Gasteiger partial charge is 0.123 e. The van der Waals surface area contributed by atoms with Crippen molar-refractivity contribution < 1.29 is 0 Å². The smallest absolute Gasteiger partial charge is 0.0351 e. The van der Waals surface area contributed by atoms with Gasteiger partial charge in [-0.2, -0.15) is 0 Å². The zero-order valence-electron chi connectivity index (χ0n) is 6.16. The summed E-state index contributed by atoms with van der Waals surface area (Å²) in [5.41, 5.74) is 0. The van der Waals surface area contributed by atoms with E-state index in [-0.39, 0.29) is 0 Å². The van der Waals surface area contributed by atoms with Gasteiger partial charge in [-0.15, -0.1) is 11.6 Å². The molecular weight excluding hydrogens is 136 g/mol. The molecule has 1 atom stereocenters. The van der Waals surface area contributed by atoms with E-state index < -0.39 is 0 Å². The van der Waals surface area contributed by atoms with E-state index >= 15 is 0 Å². The molecule has 0 heterocycles. The van der Waals surface area contributed by atoms with Crippen LogP contribution in [-0.4, -0.2) is 15.6 Å². The van der Waals surface area contributed by atoms with Crippen molar-refractivity contribution in [3.8, 4) is 0 Å². The molecule has 0 spiro atoms. The standard InChI is InChI=1S/C6H15ClSi/c1-4-5(7)6(2,3)8/h5H,4H2,1-3,8H3. The zero-order chi connectivity index (χ0) is 6.78. The molecule has 8 heavy (non-hydrogen) atoms. The van der Waals surface area contributed by atoms with Gasteiger partial charge in [0, 0.05) is 15.6 Å². The van der Waals surface area contributed by atoms with Crippen LogP contribution in [0.15, 0.2) is 0 Å². The van der Waals surface area contributed by atoms with Crippen molar-refractivity contribution in [3.05, 3.63) is 0 Å². The summed E-state index contributed by atoms with van der Waals surface area (Å²) in [6, 6.07) is 0. The molecule has 0 aromatic heterocycles. The Morgan fingerprint density at radius 3 is 2.00 bits per heavy atom. The van der Waals surface area contributed by atoms with E-state index in [1.54, 1.807) is 0 Å². The fourth-order valence-corrected chi connectivity index (χ4v) is 1.02. The van der Waals surface area contributed by atoms with Crippen LogP contribution in [0.5, 0.6) is 0 Å². The minimum absolute atomic E-state index is 0.383. The van der Waals surface area contributed by atoms with Crippen LogP contribution in [0, 0.1) is 0 Å². The first-order chi connectivity index (χ1) is 3.48. The second-order valence-electron chi connectivity index (χ2n) is 3.24. The van der Waals surface area contributed by atoms with E-state index in [4.69, 9.17) is 11.6 Å². The quantitative estimate of drug-likeness (QED) is 0.414. The lowest BCUT2D eigenvalue weighted by Gasteiger charge is -2.23. The van der Waals surface area contributed by atoms with Crippen molar-refractivity contribution in [3.63, 3.8) is 0 Å². The van der Waals surface area contributed by atoms with Crippen molar-refractivity contribution >= 4 is 21.8 Å². The number of alkyl halides is 1. The first kappa shape index (κ1) is 8.51. The molecule has 0 saturated carbocycles. The minimum atomic E-state index is 0.383. The van der Waals surface area contributed by atoms with E-state index in [0.29, 0.717) is 10.4 Å². The fraction of sp³-hybridized carbons (Fsp3) is 1.00. The lowest BCUT2D eigenvalue weighted by molar-refractivity contribution is 0.610. The first-order valence-electron chi connectivity index (χ1n) is 3.12. The Bertz CT molecular complexity index is 65.4. The van der Waals surface area contributed by atoms with Crippen molar-refractivity contribution in [2.45, 2.75) is 37.6 Å². The Kier molecular flexibility index (Phi) is 3.06. The average Bonchev–Trinajstić information content (AvgIpc) is 1.62. The predicted molar refractivity (Wildman–Crippen MR) is 43.9 cm³/mol. The molecule has 0 amide bonds. The van der Waals surface area contributed by atoms with Gasteiger partial charge in [-0.25, -0.2) is 0 Å². The normalized spacial score (nSPS) is 16.5. The molecule has 0 radical (unpaired) electrons. The second-order valence-corrected chi connectivity index (χ2v) is 6.35. The maximum absolute atomic E-state index is 5.98. The van der Waals surface area contributed by atoms with Crippen LogP contribution < -0.4 is 0 Å². The van der Waals surface area contributed by atoms with Gasteiger partial charge in [0.2, 0.25) is 0 Å². The van der Waals surface area contributed by atoms with Crippen LogP contribution in [0.25, 0.3) is 0 Å². The fourth-order valence-electron chi connectivity index (χ4n) is 0.612. The molecule has 0 aromatic carbocycles. The van der Waals surface area contributed by atoms with E-state index in [9.17, 15) is 0 Å². The lowest BCUT2D eigenvalue weighted by atomic mass is 10.1. The Hall–Kier alpha value is 0.507. The van der Waals surface area contributed by atoms with E-state index in [1.165, 1.54) is 10.2 Å². The van der Waals surface area contributed by atoms with Crippen molar-refractivity contribution in [2.75, 3.05) is 0 Å². The third-order valence-electron chi connectivity index (χ3n) is 1.30. The highest BCUT2D eigenvalue weighted by atomic mass is 35.5. The van der Waals surface area contributed by atoms with Gasteiger partial charge in [-0.3, -0.25) is 0 Å². The van der Waals surface area contributed by atoms with Gasteiger partial charge in [0.05, 0.1) is 0 Å². The summed E-state index contributed by atoms with van der Waals surface area (Å²) in [7, 11) is 1.19. The molecule has 0 bridgehead atoms.